The molecule has 0 fully saturated rings. The maximum Gasteiger partial charge on any atom is 0.257 e. The van der Waals surface area contributed by atoms with E-state index in [-0.39, 0.29) is 12.0 Å². The van der Waals surface area contributed by atoms with Crippen LogP contribution in [-0.2, 0) is 0 Å². The van der Waals surface area contributed by atoms with Crippen molar-refractivity contribution in [3.05, 3.63) is 64.5 Å². The lowest BCUT2D eigenvalue weighted by Crippen LogP contribution is -2.11. The van der Waals surface area contributed by atoms with E-state index in [1.165, 1.54) is 11.3 Å². The molecule has 26 heavy (non-hydrogen) atoms. The summed E-state index contributed by atoms with van der Waals surface area (Å²) >= 11 is 1.43. The number of amides is 1. The minimum Gasteiger partial charge on any atom is -0.491 e. The molecule has 3 aromatic rings. The third kappa shape index (κ3) is 4.11. The zero-order valence-corrected chi connectivity index (χ0v) is 16.2. The predicted octanol–water partition coefficient (Wildman–Crippen LogP) is 5.47. The maximum atomic E-state index is 12.3. The summed E-state index contributed by atoms with van der Waals surface area (Å²) in [6.07, 6.45) is 0.138. The van der Waals surface area contributed by atoms with Gasteiger partial charge in [-0.1, -0.05) is 18.2 Å². The van der Waals surface area contributed by atoms with Crippen molar-refractivity contribution in [1.82, 2.24) is 4.98 Å². The molecule has 2 aromatic carbocycles. The second-order valence-corrected chi connectivity index (χ2v) is 7.31. The fraction of sp³-hybridized carbons (Fsp3) is 0.238. The molecule has 1 aromatic heterocycles. The number of hydrogen-bond donors (Lipinski definition) is 1. The quantitative estimate of drug-likeness (QED) is 0.652. The number of aromatic nitrogens is 1. The average Bonchev–Trinajstić information content (AvgIpc) is 3.02. The number of aryl methyl sites for hydroxylation is 2. The number of rotatable bonds is 5. The van der Waals surface area contributed by atoms with Crippen molar-refractivity contribution in [2.45, 2.75) is 33.8 Å². The van der Waals surface area contributed by atoms with Gasteiger partial charge in [0.1, 0.15) is 5.75 Å². The molecule has 134 valence electrons. The number of benzene rings is 2. The molecule has 0 atom stereocenters. The summed E-state index contributed by atoms with van der Waals surface area (Å²) in [5, 5.41) is 5.43. The second kappa shape index (κ2) is 7.70. The van der Waals surface area contributed by atoms with Crippen LogP contribution in [0.1, 0.15) is 35.3 Å². The van der Waals surface area contributed by atoms with E-state index in [0.717, 1.165) is 28.1 Å². The van der Waals surface area contributed by atoms with E-state index in [1.54, 1.807) is 12.1 Å². The highest BCUT2D eigenvalue weighted by Gasteiger charge is 2.14. The highest BCUT2D eigenvalue weighted by molar-refractivity contribution is 7.14. The Balaban J connectivity index is 1.82. The molecule has 0 saturated heterocycles. The molecular formula is C21H22N2O2S. The van der Waals surface area contributed by atoms with Crippen LogP contribution in [0.15, 0.2) is 47.8 Å². The normalized spacial score (nSPS) is 10.8. The van der Waals surface area contributed by atoms with Crippen molar-refractivity contribution in [1.29, 1.82) is 0 Å². The fourth-order valence-electron chi connectivity index (χ4n) is 2.87. The number of carbonyl (C=O) groups excluding carboxylic acids is 1. The van der Waals surface area contributed by atoms with Gasteiger partial charge in [0.15, 0.2) is 5.13 Å². The van der Waals surface area contributed by atoms with Crippen LogP contribution in [0, 0.1) is 13.8 Å². The van der Waals surface area contributed by atoms with Gasteiger partial charge in [0, 0.05) is 16.5 Å². The summed E-state index contributed by atoms with van der Waals surface area (Å²) in [6.45, 7) is 8.13. The number of thiazole rings is 1. The number of nitrogens with zero attached hydrogens (tertiary/aromatic N) is 1. The third-order valence-electron chi connectivity index (χ3n) is 3.89. The van der Waals surface area contributed by atoms with Gasteiger partial charge >= 0.3 is 0 Å². The van der Waals surface area contributed by atoms with Gasteiger partial charge in [-0.15, -0.1) is 11.3 Å². The molecule has 1 heterocycles. The van der Waals surface area contributed by atoms with E-state index in [0.29, 0.717) is 10.7 Å². The monoisotopic (exact) mass is 366 g/mol. The van der Waals surface area contributed by atoms with E-state index < -0.39 is 0 Å². The standard InChI is InChI=1S/C21H22N2O2S/c1-13(2)25-17-10-14(3)19(15(4)11-17)18-12-26-21(22-18)23-20(24)16-8-6-5-7-9-16/h5-13H,1-4H3,(H,22,23,24). The highest BCUT2D eigenvalue weighted by Crippen LogP contribution is 2.33. The van der Waals surface area contributed by atoms with Crippen LogP contribution in [-0.4, -0.2) is 17.0 Å². The second-order valence-electron chi connectivity index (χ2n) is 6.46. The van der Waals surface area contributed by atoms with Gasteiger partial charge in [0.2, 0.25) is 0 Å². The van der Waals surface area contributed by atoms with Crippen LogP contribution in [0.2, 0.25) is 0 Å². The topological polar surface area (TPSA) is 51.2 Å². The Bertz CT molecular complexity index is 894. The Morgan fingerprint density at radius 2 is 1.77 bits per heavy atom. The van der Waals surface area contributed by atoms with Crippen LogP contribution >= 0.6 is 11.3 Å². The van der Waals surface area contributed by atoms with Crippen molar-refractivity contribution >= 4 is 22.4 Å². The molecule has 0 bridgehead atoms. The molecule has 5 heteroatoms. The van der Waals surface area contributed by atoms with Crippen molar-refractivity contribution in [3.8, 4) is 17.0 Å². The number of carbonyl (C=O) groups is 1. The van der Waals surface area contributed by atoms with Crippen LogP contribution in [0.25, 0.3) is 11.3 Å². The first-order chi connectivity index (χ1) is 12.4. The minimum absolute atomic E-state index is 0.138. The first-order valence-corrected chi connectivity index (χ1v) is 9.42. The Hall–Kier alpha value is -2.66. The molecule has 1 N–H and O–H groups in total. The number of anilines is 1. The van der Waals surface area contributed by atoms with Crippen LogP contribution in [0.5, 0.6) is 5.75 Å². The SMILES string of the molecule is Cc1cc(OC(C)C)cc(C)c1-c1csc(NC(=O)c2ccccc2)n1. The molecular weight excluding hydrogens is 344 g/mol. The summed E-state index contributed by atoms with van der Waals surface area (Å²) in [4.78, 5) is 16.9. The van der Waals surface area contributed by atoms with E-state index in [1.807, 2.05) is 49.6 Å². The Morgan fingerprint density at radius 1 is 1.12 bits per heavy atom. The lowest BCUT2D eigenvalue weighted by molar-refractivity contribution is 0.102. The average molecular weight is 366 g/mol. The van der Waals surface area contributed by atoms with Gasteiger partial charge in [-0.05, 0) is 63.1 Å². The zero-order valence-electron chi connectivity index (χ0n) is 15.4. The fourth-order valence-corrected chi connectivity index (χ4v) is 3.57. The Kier molecular flexibility index (Phi) is 5.38. The van der Waals surface area contributed by atoms with Gasteiger partial charge in [-0.25, -0.2) is 4.98 Å². The summed E-state index contributed by atoms with van der Waals surface area (Å²) in [7, 11) is 0. The number of ether oxygens (including phenoxy) is 1. The molecule has 0 saturated carbocycles. The lowest BCUT2D eigenvalue weighted by atomic mass is 10.0. The molecule has 0 spiro atoms. The van der Waals surface area contributed by atoms with Gasteiger partial charge in [0.25, 0.3) is 5.91 Å². The first-order valence-electron chi connectivity index (χ1n) is 8.54. The summed E-state index contributed by atoms with van der Waals surface area (Å²) < 4.78 is 5.80. The van der Waals surface area contributed by atoms with Crippen LogP contribution < -0.4 is 10.1 Å². The third-order valence-corrected chi connectivity index (χ3v) is 4.65. The molecule has 0 aliphatic rings. The van der Waals surface area contributed by atoms with Crippen molar-refractivity contribution < 1.29 is 9.53 Å². The molecule has 0 unspecified atom stereocenters. The van der Waals surface area contributed by atoms with Gasteiger partial charge < -0.3 is 4.74 Å². The van der Waals surface area contributed by atoms with Gasteiger partial charge in [-0.3, -0.25) is 10.1 Å². The lowest BCUT2D eigenvalue weighted by Gasteiger charge is -2.14. The van der Waals surface area contributed by atoms with Crippen LogP contribution in [0.4, 0.5) is 5.13 Å². The van der Waals surface area contributed by atoms with E-state index in [2.05, 4.69) is 24.1 Å². The summed E-state index contributed by atoms with van der Waals surface area (Å²) in [5.74, 6) is 0.715. The Morgan fingerprint density at radius 3 is 2.38 bits per heavy atom. The largest absolute Gasteiger partial charge is 0.491 e. The van der Waals surface area contributed by atoms with Gasteiger partial charge in [-0.2, -0.15) is 0 Å². The number of hydrogen-bond acceptors (Lipinski definition) is 4. The molecule has 0 aliphatic heterocycles. The summed E-state index contributed by atoms with van der Waals surface area (Å²) in [6, 6.07) is 13.2. The van der Waals surface area contributed by atoms with E-state index in [4.69, 9.17) is 4.74 Å². The van der Waals surface area contributed by atoms with Crippen molar-refractivity contribution in [3.63, 3.8) is 0 Å². The van der Waals surface area contributed by atoms with E-state index >= 15 is 0 Å². The zero-order chi connectivity index (χ0) is 18.7. The molecule has 3 rings (SSSR count). The highest BCUT2D eigenvalue weighted by atomic mass is 32.1. The smallest absolute Gasteiger partial charge is 0.257 e. The predicted molar refractivity (Wildman–Crippen MR) is 107 cm³/mol. The van der Waals surface area contributed by atoms with Crippen molar-refractivity contribution in [2.24, 2.45) is 0 Å². The minimum atomic E-state index is -0.152. The Labute approximate surface area is 157 Å². The van der Waals surface area contributed by atoms with Crippen LogP contribution in [0.3, 0.4) is 0 Å². The number of nitrogens with one attached hydrogen (secondary N) is 1. The van der Waals surface area contributed by atoms with Crippen molar-refractivity contribution in [2.75, 3.05) is 5.32 Å². The van der Waals surface area contributed by atoms with E-state index in [9.17, 15) is 4.79 Å². The summed E-state index contributed by atoms with van der Waals surface area (Å²) in [5.41, 5.74) is 4.77. The molecule has 0 radical (unpaired) electrons. The molecule has 1 amide bonds. The van der Waals surface area contributed by atoms with Gasteiger partial charge in [0.05, 0.1) is 11.8 Å². The molecule has 0 aliphatic carbocycles. The molecule has 4 nitrogen and oxygen atoms in total. The first kappa shape index (κ1) is 18.1. The maximum absolute atomic E-state index is 12.3.